The molecule has 0 spiro atoms. The standard InChI is InChI=1S/C26H37N5O5/c1-14(2)21(24(33)30-22(15(3)4)26(35)36)29-23(32)20-10-7-11-31(20)25(34)18(27)12-16-13-28-19-9-6-5-8-17(16)19/h5-6,8-9,13-15,18,20-22,28H,7,10-12,27H2,1-4H3,(H,29,32)(H,30,33)(H,35,36). The number of rotatable bonds is 10. The van der Waals surface area contributed by atoms with E-state index >= 15 is 0 Å². The van der Waals surface area contributed by atoms with Crippen LogP contribution in [0.25, 0.3) is 10.9 Å². The van der Waals surface area contributed by atoms with Crippen molar-refractivity contribution >= 4 is 34.6 Å². The molecular formula is C26H37N5O5. The summed E-state index contributed by atoms with van der Waals surface area (Å²) in [6.07, 6.45) is 3.29. The highest BCUT2D eigenvalue weighted by atomic mass is 16.4. The number of carboxylic acids is 1. The number of hydrogen-bond acceptors (Lipinski definition) is 5. The summed E-state index contributed by atoms with van der Waals surface area (Å²) >= 11 is 0. The molecule has 0 aliphatic carbocycles. The minimum atomic E-state index is -1.14. The highest BCUT2D eigenvalue weighted by molar-refractivity contribution is 5.95. The summed E-state index contributed by atoms with van der Waals surface area (Å²) in [6.45, 7) is 7.34. The van der Waals surface area contributed by atoms with Gasteiger partial charge in [0, 0.05) is 23.6 Å². The van der Waals surface area contributed by atoms with Crippen LogP contribution < -0.4 is 16.4 Å². The maximum absolute atomic E-state index is 13.2. The van der Waals surface area contributed by atoms with Crippen molar-refractivity contribution in [1.29, 1.82) is 0 Å². The van der Waals surface area contributed by atoms with E-state index in [1.54, 1.807) is 27.7 Å². The molecule has 1 aromatic heterocycles. The molecule has 1 saturated heterocycles. The predicted octanol–water partition coefficient (Wildman–Crippen LogP) is 1.39. The van der Waals surface area contributed by atoms with Crippen LogP contribution in [0.15, 0.2) is 30.5 Å². The van der Waals surface area contributed by atoms with Gasteiger partial charge in [0.1, 0.15) is 18.1 Å². The second kappa shape index (κ2) is 11.6. The van der Waals surface area contributed by atoms with Crippen LogP contribution in [0.5, 0.6) is 0 Å². The first-order valence-electron chi connectivity index (χ1n) is 12.5. The number of carbonyl (C=O) groups excluding carboxylic acids is 3. The van der Waals surface area contributed by atoms with E-state index in [4.69, 9.17) is 5.73 Å². The number of benzene rings is 1. The zero-order valence-corrected chi connectivity index (χ0v) is 21.3. The first-order valence-corrected chi connectivity index (χ1v) is 12.5. The van der Waals surface area contributed by atoms with Gasteiger partial charge in [-0.1, -0.05) is 45.9 Å². The maximum Gasteiger partial charge on any atom is 0.326 e. The number of amides is 3. The Morgan fingerprint density at radius 2 is 1.75 bits per heavy atom. The molecule has 3 rings (SSSR count). The molecule has 1 aliphatic rings. The van der Waals surface area contributed by atoms with Crippen LogP contribution in [-0.2, 0) is 25.6 Å². The SMILES string of the molecule is CC(C)C(NC(=O)C(NC(=O)C1CCCN1C(=O)C(N)Cc1c[nH]c2ccccc12)C(C)C)C(=O)O. The number of hydrogen-bond donors (Lipinski definition) is 5. The number of nitrogens with one attached hydrogen (secondary N) is 3. The second-order valence-electron chi connectivity index (χ2n) is 10.2. The van der Waals surface area contributed by atoms with Gasteiger partial charge in [0.25, 0.3) is 0 Å². The Bertz CT molecular complexity index is 1110. The predicted molar refractivity (Wildman–Crippen MR) is 136 cm³/mol. The third kappa shape index (κ3) is 6.04. The monoisotopic (exact) mass is 499 g/mol. The molecule has 0 saturated carbocycles. The van der Waals surface area contributed by atoms with E-state index in [0.29, 0.717) is 25.8 Å². The second-order valence-corrected chi connectivity index (χ2v) is 10.2. The molecule has 0 bridgehead atoms. The van der Waals surface area contributed by atoms with Gasteiger partial charge in [-0.15, -0.1) is 0 Å². The van der Waals surface area contributed by atoms with Gasteiger partial charge in [0.2, 0.25) is 17.7 Å². The van der Waals surface area contributed by atoms with Crippen molar-refractivity contribution in [2.24, 2.45) is 17.6 Å². The summed E-state index contributed by atoms with van der Waals surface area (Å²) in [5.41, 5.74) is 8.19. The number of nitrogens with zero attached hydrogens (tertiary/aromatic N) is 1. The molecule has 2 aromatic rings. The minimum Gasteiger partial charge on any atom is -0.480 e. The smallest absolute Gasteiger partial charge is 0.326 e. The minimum absolute atomic E-state index is 0.287. The van der Waals surface area contributed by atoms with Gasteiger partial charge in [-0.3, -0.25) is 14.4 Å². The van der Waals surface area contributed by atoms with Crippen LogP contribution in [0.1, 0.15) is 46.1 Å². The zero-order valence-electron chi connectivity index (χ0n) is 21.3. The van der Waals surface area contributed by atoms with Crippen molar-refractivity contribution in [3.05, 3.63) is 36.0 Å². The third-order valence-electron chi connectivity index (χ3n) is 6.75. The Morgan fingerprint density at radius 1 is 1.08 bits per heavy atom. The van der Waals surface area contributed by atoms with Crippen molar-refractivity contribution in [2.75, 3.05) is 6.54 Å². The number of aromatic nitrogens is 1. The molecule has 4 atom stereocenters. The summed E-state index contributed by atoms with van der Waals surface area (Å²) in [5, 5.41) is 15.7. The lowest BCUT2D eigenvalue weighted by Crippen LogP contribution is -2.58. The average molecular weight is 500 g/mol. The molecule has 4 unspecified atom stereocenters. The first kappa shape index (κ1) is 27.2. The number of H-pyrrole nitrogens is 1. The molecule has 10 heteroatoms. The van der Waals surface area contributed by atoms with Crippen molar-refractivity contribution in [1.82, 2.24) is 20.5 Å². The molecule has 1 aliphatic heterocycles. The number of carboxylic acid groups (broad SMARTS) is 1. The summed E-state index contributed by atoms with van der Waals surface area (Å²) in [6, 6.07) is 4.22. The van der Waals surface area contributed by atoms with E-state index in [-0.39, 0.29) is 17.7 Å². The number of nitrogens with two attached hydrogens (primary N) is 1. The number of carbonyl (C=O) groups is 4. The Kier molecular flexibility index (Phi) is 8.73. The average Bonchev–Trinajstić information content (AvgIpc) is 3.47. The fourth-order valence-corrected chi connectivity index (χ4v) is 4.68. The quantitative estimate of drug-likeness (QED) is 0.332. The topological polar surface area (TPSA) is 158 Å². The van der Waals surface area contributed by atoms with Gasteiger partial charge >= 0.3 is 5.97 Å². The van der Waals surface area contributed by atoms with Gasteiger partial charge in [-0.05, 0) is 42.7 Å². The van der Waals surface area contributed by atoms with Crippen LogP contribution in [0, 0.1) is 11.8 Å². The molecule has 3 amide bonds. The number of fused-ring (bicyclic) bond motifs is 1. The normalized spacial score (nSPS) is 18.3. The number of likely N-dealkylation sites (tertiary alicyclic amines) is 1. The molecule has 1 aromatic carbocycles. The fraction of sp³-hybridized carbons (Fsp3) is 0.538. The third-order valence-corrected chi connectivity index (χ3v) is 6.75. The van der Waals surface area contributed by atoms with Crippen molar-refractivity contribution < 1.29 is 24.3 Å². The highest BCUT2D eigenvalue weighted by Crippen LogP contribution is 2.22. The lowest BCUT2D eigenvalue weighted by molar-refractivity contribution is -0.144. The van der Waals surface area contributed by atoms with Gasteiger partial charge in [-0.2, -0.15) is 0 Å². The Labute approximate surface area is 211 Å². The van der Waals surface area contributed by atoms with E-state index in [2.05, 4.69) is 15.6 Å². The van der Waals surface area contributed by atoms with Gasteiger partial charge in [-0.25, -0.2) is 4.79 Å². The summed E-state index contributed by atoms with van der Waals surface area (Å²) in [4.78, 5) is 55.5. The molecular weight excluding hydrogens is 462 g/mol. The van der Waals surface area contributed by atoms with Crippen molar-refractivity contribution in [3.8, 4) is 0 Å². The Morgan fingerprint density at radius 3 is 2.39 bits per heavy atom. The Balaban J connectivity index is 1.67. The van der Waals surface area contributed by atoms with Crippen molar-refractivity contribution in [3.63, 3.8) is 0 Å². The largest absolute Gasteiger partial charge is 0.480 e. The lowest BCUT2D eigenvalue weighted by atomic mass is 9.99. The molecule has 0 radical (unpaired) electrons. The van der Waals surface area contributed by atoms with E-state index < -0.39 is 42.0 Å². The van der Waals surface area contributed by atoms with Gasteiger partial charge in [0.15, 0.2) is 0 Å². The van der Waals surface area contributed by atoms with Crippen LogP contribution in [0.4, 0.5) is 0 Å². The summed E-state index contributed by atoms with van der Waals surface area (Å²) in [7, 11) is 0. The number of aromatic amines is 1. The van der Waals surface area contributed by atoms with E-state index in [1.165, 1.54) is 4.90 Å². The van der Waals surface area contributed by atoms with Crippen LogP contribution in [0.2, 0.25) is 0 Å². The van der Waals surface area contributed by atoms with Gasteiger partial charge < -0.3 is 31.4 Å². The maximum atomic E-state index is 13.2. The summed E-state index contributed by atoms with van der Waals surface area (Å²) in [5.74, 6) is -3.06. The molecule has 2 heterocycles. The zero-order chi connectivity index (χ0) is 26.6. The molecule has 36 heavy (non-hydrogen) atoms. The number of aliphatic carboxylic acids is 1. The molecule has 6 N–H and O–H groups in total. The lowest BCUT2D eigenvalue weighted by Gasteiger charge is -2.30. The van der Waals surface area contributed by atoms with Crippen LogP contribution in [-0.4, -0.2) is 69.4 Å². The fourth-order valence-electron chi connectivity index (χ4n) is 4.68. The van der Waals surface area contributed by atoms with Crippen LogP contribution in [0.3, 0.4) is 0 Å². The highest BCUT2D eigenvalue weighted by Gasteiger charge is 2.38. The molecule has 10 nitrogen and oxygen atoms in total. The first-order chi connectivity index (χ1) is 17.0. The molecule has 196 valence electrons. The van der Waals surface area contributed by atoms with E-state index in [9.17, 15) is 24.3 Å². The van der Waals surface area contributed by atoms with Crippen LogP contribution >= 0.6 is 0 Å². The Hall–Kier alpha value is -3.40. The van der Waals surface area contributed by atoms with Gasteiger partial charge in [0.05, 0.1) is 6.04 Å². The molecule has 1 fully saturated rings. The summed E-state index contributed by atoms with van der Waals surface area (Å²) < 4.78 is 0. The van der Waals surface area contributed by atoms with Crippen molar-refractivity contribution in [2.45, 2.75) is 71.1 Å². The van der Waals surface area contributed by atoms with E-state index in [0.717, 1.165) is 16.5 Å². The number of para-hydroxylation sites is 1. The van der Waals surface area contributed by atoms with E-state index in [1.807, 2.05) is 30.5 Å².